The molecular weight excluding hydrogens is 355 g/mol. The smallest absolute Gasteiger partial charge is 0.251 e. The first kappa shape index (κ1) is 17.8. The van der Waals surface area contributed by atoms with Gasteiger partial charge in [0.2, 0.25) is 0 Å². The van der Waals surface area contributed by atoms with Crippen LogP contribution in [0.3, 0.4) is 0 Å². The van der Waals surface area contributed by atoms with Crippen LogP contribution in [0.5, 0.6) is 5.75 Å². The number of carbonyl (C=O) groups excluding carboxylic acids is 1. The molecule has 1 amide bonds. The van der Waals surface area contributed by atoms with Crippen LogP contribution in [-0.2, 0) is 6.61 Å². The summed E-state index contributed by atoms with van der Waals surface area (Å²) >= 11 is 16.0. The van der Waals surface area contributed by atoms with Gasteiger partial charge in [0.05, 0.1) is 10.7 Å². The first-order chi connectivity index (χ1) is 11.0. The van der Waals surface area contributed by atoms with Gasteiger partial charge in [-0.1, -0.05) is 35.3 Å². The highest BCUT2D eigenvalue weighted by Gasteiger charge is 2.09. The Labute approximate surface area is 150 Å². The summed E-state index contributed by atoms with van der Waals surface area (Å²) in [6.45, 7) is 0.811. The summed E-state index contributed by atoms with van der Waals surface area (Å²) in [4.78, 5) is 11.8. The summed E-state index contributed by atoms with van der Waals surface area (Å²) in [7, 11) is 0. The largest absolute Gasteiger partial charge is 0.485 e. The molecule has 2 aromatic rings. The maximum Gasteiger partial charge on any atom is 0.251 e. The van der Waals surface area contributed by atoms with Crippen LogP contribution in [0.4, 0.5) is 5.69 Å². The number of hydrogen-bond acceptors (Lipinski definition) is 4. The highest BCUT2D eigenvalue weighted by Crippen LogP contribution is 2.34. The van der Waals surface area contributed by atoms with Crippen molar-refractivity contribution in [3.8, 4) is 5.75 Å². The molecule has 4 nitrogen and oxygen atoms in total. The summed E-state index contributed by atoms with van der Waals surface area (Å²) < 4.78 is 5.65. The number of benzene rings is 2. The molecule has 23 heavy (non-hydrogen) atoms. The molecule has 0 saturated heterocycles. The number of anilines is 1. The van der Waals surface area contributed by atoms with Gasteiger partial charge in [-0.3, -0.25) is 4.79 Å². The molecular formula is C16H16Cl2N2O2S. The Hall–Kier alpha value is -1.56. The second-order valence-electron chi connectivity index (χ2n) is 4.77. The number of amides is 1. The summed E-state index contributed by atoms with van der Waals surface area (Å²) in [5.41, 5.74) is 7.70. The van der Waals surface area contributed by atoms with Crippen molar-refractivity contribution in [3.63, 3.8) is 0 Å². The van der Waals surface area contributed by atoms with E-state index in [4.69, 9.17) is 33.7 Å². The topological polar surface area (TPSA) is 64.3 Å². The van der Waals surface area contributed by atoms with Crippen molar-refractivity contribution < 1.29 is 9.53 Å². The van der Waals surface area contributed by atoms with Gasteiger partial charge in [-0.2, -0.15) is 12.6 Å². The number of nitrogens with two attached hydrogens (primary N) is 1. The quantitative estimate of drug-likeness (QED) is 0.534. The molecule has 0 unspecified atom stereocenters. The van der Waals surface area contributed by atoms with E-state index in [0.717, 1.165) is 5.56 Å². The fraction of sp³-hybridized carbons (Fsp3) is 0.188. The number of carbonyl (C=O) groups is 1. The zero-order valence-electron chi connectivity index (χ0n) is 12.2. The number of nitrogens with one attached hydrogen (secondary N) is 1. The summed E-state index contributed by atoms with van der Waals surface area (Å²) in [5, 5.41) is 3.57. The number of ether oxygens (including phenoxy) is 1. The van der Waals surface area contributed by atoms with Crippen molar-refractivity contribution in [2.45, 2.75) is 6.61 Å². The molecule has 0 radical (unpaired) electrons. The Morgan fingerprint density at radius 2 is 1.91 bits per heavy atom. The summed E-state index contributed by atoms with van der Waals surface area (Å²) in [5.74, 6) is 0.865. The van der Waals surface area contributed by atoms with E-state index < -0.39 is 0 Å². The van der Waals surface area contributed by atoms with Crippen molar-refractivity contribution in [2.24, 2.45) is 0 Å². The van der Waals surface area contributed by atoms with E-state index in [-0.39, 0.29) is 12.5 Å². The molecule has 0 atom stereocenters. The number of halogens is 2. The lowest BCUT2D eigenvalue weighted by atomic mass is 10.1. The van der Waals surface area contributed by atoms with Gasteiger partial charge in [0.15, 0.2) is 5.75 Å². The molecule has 2 rings (SSSR count). The van der Waals surface area contributed by atoms with Crippen LogP contribution in [0.15, 0.2) is 36.4 Å². The van der Waals surface area contributed by atoms with E-state index in [2.05, 4.69) is 17.9 Å². The first-order valence-corrected chi connectivity index (χ1v) is 8.25. The molecule has 0 heterocycles. The number of thiol groups is 1. The Morgan fingerprint density at radius 1 is 1.22 bits per heavy atom. The average molecular weight is 371 g/mol. The predicted octanol–water partition coefficient (Wildman–Crippen LogP) is 3.81. The van der Waals surface area contributed by atoms with Crippen LogP contribution < -0.4 is 15.8 Å². The molecule has 0 aromatic heterocycles. The Bertz CT molecular complexity index is 670. The van der Waals surface area contributed by atoms with Crippen molar-refractivity contribution in [1.29, 1.82) is 0 Å². The molecule has 0 fully saturated rings. The van der Waals surface area contributed by atoms with Crippen LogP contribution in [0.1, 0.15) is 15.9 Å². The minimum absolute atomic E-state index is 0.128. The SMILES string of the molecule is Nc1cc(Cl)cc(Cl)c1OCc1ccc(C(=O)NCCS)cc1. The maximum atomic E-state index is 11.8. The molecule has 7 heteroatoms. The molecule has 3 N–H and O–H groups in total. The van der Waals surface area contributed by atoms with Crippen molar-refractivity contribution in [2.75, 3.05) is 18.0 Å². The third kappa shape index (κ3) is 4.96. The first-order valence-electron chi connectivity index (χ1n) is 6.86. The van der Waals surface area contributed by atoms with Gasteiger partial charge in [0, 0.05) is 22.9 Å². The van der Waals surface area contributed by atoms with Gasteiger partial charge >= 0.3 is 0 Å². The fourth-order valence-electron chi connectivity index (χ4n) is 1.91. The normalized spacial score (nSPS) is 10.4. The van der Waals surface area contributed by atoms with Crippen LogP contribution in [0.25, 0.3) is 0 Å². The van der Waals surface area contributed by atoms with Gasteiger partial charge in [0.1, 0.15) is 6.61 Å². The van der Waals surface area contributed by atoms with Crippen LogP contribution in [0.2, 0.25) is 10.0 Å². The lowest BCUT2D eigenvalue weighted by molar-refractivity contribution is 0.0956. The number of hydrogen-bond donors (Lipinski definition) is 3. The lowest BCUT2D eigenvalue weighted by Crippen LogP contribution is -2.25. The minimum atomic E-state index is -0.128. The van der Waals surface area contributed by atoms with Gasteiger partial charge in [-0.05, 0) is 29.8 Å². The zero-order chi connectivity index (χ0) is 16.8. The van der Waals surface area contributed by atoms with E-state index in [0.29, 0.717) is 39.3 Å². The zero-order valence-corrected chi connectivity index (χ0v) is 14.6. The molecule has 0 spiro atoms. The summed E-state index contributed by atoms with van der Waals surface area (Å²) in [6.07, 6.45) is 0. The predicted molar refractivity (Wildman–Crippen MR) is 97.8 cm³/mol. The molecule has 0 aliphatic carbocycles. The van der Waals surface area contributed by atoms with E-state index >= 15 is 0 Å². The average Bonchev–Trinajstić information content (AvgIpc) is 2.52. The number of rotatable bonds is 6. The molecule has 0 aliphatic rings. The maximum absolute atomic E-state index is 11.8. The van der Waals surface area contributed by atoms with Gasteiger partial charge in [-0.25, -0.2) is 0 Å². The molecule has 0 aliphatic heterocycles. The standard InChI is InChI=1S/C16H16Cl2N2O2S/c17-12-7-13(18)15(14(19)8-12)22-9-10-1-3-11(4-2-10)16(21)20-5-6-23/h1-4,7-8,23H,5-6,9,19H2,(H,20,21). The van der Waals surface area contributed by atoms with Crippen molar-refractivity contribution in [3.05, 3.63) is 57.6 Å². The van der Waals surface area contributed by atoms with Crippen LogP contribution >= 0.6 is 35.8 Å². The van der Waals surface area contributed by atoms with Gasteiger partial charge < -0.3 is 15.8 Å². The Kier molecular flexibility index (Phi) is 6.45. The summed E-state index contributed by atoms with van der Waals surface area (Å²) in [6, 6.07) is 10.3. The second kappa shape index (κ2) is 8.34. The Morgan fingerprint density at radius 3 is 2.52 bits per heavy atom. The van der Waals surface area contributed by atoms with Crippen molar-refractivity contribution >= 4 is 47.4 Å². The monoisotopic (exact) mass is 370 g/mol. The molecule has 0 saturated carbocycles. The van der Waals surface area contributed by atoms with Crippen LogP contribution in [-0.4, -0.2) is 18.2 Å². The highest BCUT2D eigenvalue weighted by atomic mass is 35.5. The highest BCUT2D eigenvalue weighted by molar-refractivity contribution is 7.80. The number of nitrogen functional groups attached to an aromatic ring is 1. The van der Waals surface area contributed by atoms with E-state index in [1.807, 2.05) is 12.1 Å². The van der Waals surface area contributed by atoms with E-state index in [9.17, 15) is 4.79 Å². The Balaban J connectivity index is 2.01. The lowest BCUT2D eigenvalue weighted by Gasteiger charge is -2.11. The van der Waals surface area contributed by atoms with E-state index in [1.165, 1.54) is 0 Å². The second-order valence-corrected chi connectivity index (χ2v) is 6.06. The molecule has 2 aromatic carbocycles. The van der Waals surface area contributed by atoms with Crippen molar-refractivity contribution in [1.82, 2.24) is 5.32 Å². The molecule has 122 valence electrons. The van der Waals surface area contributed by atoms with Gasteiger partial charge in [0.25, 0.3) is 5.91 Å². The van der Waals surface area contributed by atoms with Gasteiger partial charge in [-0.15, -0.1) is 0 Å². The van der Waals surface area contributed by atoms with E-state index in [1.54, 1.807) is 24.3 Å². The third-order valence-corrected chi connectivity index (χ3v) is 3.76. The van der Waals surface area contributed by atoms with Crippen LogP contribution in [0, 0.1) is 0 Å². The minimum Gasteiger partial charge on any atom is -0.485 e. The fourth-order valence-corrected chi connectivity index (χ4v) is 2.59. The molecule has 0 bridgehead atoms. The third-order valence-electron chi connectivity index (χ3n) is 3.03.